The van der Waals surface area contributed by atoms with Crippen molar-refractivity contribution in [3.63, 3.8) is 0 Å². The highest BCUT2D eigenvalue weighted by Gasteiger charge is 2.39. The highest BCUT2D eigenvalue weighted by molar-refractivity contribution is 5.93. The molecule has 1 aromatic carbocycles. The largest absolute Gasteiger partial charge is 0.463 e. The van der Waals surface area contributed by atoms with Gasteiger partial charge in [0.05, 0.1) is 28.6 Å². The number of hydrogen-bond acceptors (Lipinski definition) is 7. The van der Waals surface area contributed by atoms with Crippen molar-refractivity contribution in [1.82, 2.24) is 4.98 Å². The summed E-state index contributed by atoms with van der Waals surface area (Å²) in [6.45, 7) is 3.60. The van der Waals surface area contributed by atoms with Crippen LogP contribution in [0, 0.1) is 10.1 Å². The van der Waals surface area contributed by atoms with Crippen molar-refractivity contribution in [2.75, 3.05) is 12.3 Å². The number of carbonyl (C=O) groups excluding carboxylic acids is 1. The Morgan fingerprint density at radius 3 is 2.87 bits per heavy atom. The average molecular weight is 409 g/mol. The molecule has 1 atom stereocenters. The maximum Gasteiger partial charge on any atom is 0.338 e. The number of ether oxygens (including phenoxy) is 2. The summed E-state index contributed by atoms with van der Waals surface area (Å²) in [7, 11) is 0. The Morgan fingerprint density at radius 2 is 2.13 bits per heavy atom. The van der Waals surface area contributed by atoms with Gasteiger partial charge in [-0.15, -0.1) is 0 Å². The lowest BCUT2D eigenvalue weighted by Gasteiger charge is -2.31. The fraction of sp³-hybridized carbons (Fsp3) is 0.364. The van der Waals surface area contributed by atoms with Crippen LogP contribution in [0.5, 0.6) is 5.88 Å². The Morgan fingerprint density at radius 1 is 1.37 bits per heavy atom. The third-order valence-corrected chi connectivity index (χ3v) is 5.64. The van der Waals surface area contributed by atoms with Crippen molar-refractivity contribution in [2.45, 2.75) is 45.4 Å². The molecule has 8 heteroatoms. The van der Waals surface area contributed by atoms with Crippen LogP contribution in [-0.4, -0.2) is 22.5 Å². The number of nitrogen functional groups attached to an aromatic ring is 1. The summed E-state index contributed by atoms with van der Waals surface area (Å²) < 4.78 is 11.2. The van der Waals surface area contributed by atoms with E-state index in [1.807, 2.05) is 0 Å². The van der Waals surface area contributed by atoms with Gasteiger partial charge in [-0.2, -0.15) is 0 Å². The van der Waals surface area contributed by atoms with Crippen LogP contribution in [0.15, 0.2) is 35.6 Å². The second-order valence-corrected chi connectivity index (χ2v) is 7.45. The van der Waals surface area contributed by atoms with Gasteiger partial charge >= 0.3 is 5.97 Å². The second-order valence-electron chi connectivity index (χ2n) is 7.45. The minimum Gasteiger partial charge on any atom is -0.463 e. The van der Waals surface area contributed by atoms with E-state index in [1.54, 1.807) is 26.0 Å². The zero-order chi connectivity index (χ0) is 21.4. The van der Waals surface area contributed by atoms with Crippen molar-refractivity contribution >= 4 is 17.3 Å². The van der Waals surface area contributed by atoms with E-state index in [9.17, 15) is 14.9 Å². The minimum absolute atomic E-state index is 0.0640. The minimum atomic E-state index is -0.660. The first-order chi connectivity index (χ1) is 14.4. The van der Waals surface area contributed by atoms with E-state index in [1.165, 1.54) is 12.1 Å². The monoisotopic (exact) mass is 409 g/mol. The maximum absolute atomic E-state index is 12.9. The first-order valence-corrected chi connectivity index (χ1v) is 10.0. The normalized spacial score (nSPS) is 17.6. The molecule has 0 bridgehead atoms. The number of anilines is 1. The Kier molecular flexibility index (Phi) is 5.15. The number of rotatable bonds is 4. The number of hydrogen-bond donors (Lipinski definition) is 1. The quantitative estimate of drug-likeness (QED) is 0.463. The van der Waals surface area contributed by atoms with Crippen LogP contribution in [0.4, 0.5) is 11.4 Å². The molecule has 4 rings (SSSR count). The number of non-ortho nitro benzene ring substituents is 1. The zero-order valence-electron chi connectivity index (χ0n) is 16.9. The van der Waals surface area contributed by atoms with Gasteiger partial charge in [-0.25, -0.2) is 9.78 Å². The lowest BCUT2D eigenvalue weighted by atomic mass is 9.80. The van der Waals surface area contributed by atoms with Crippen molar-refractivity contribution in [3.05, 3.63) is 68.1 Å². The average Bonchev–Trinajstić information content (AvgIpc) is 2.73. The molecule has 30 heavy (non-hydrogen) atoms. The second kappa shape index (κ2) is 7.78. The molecule has 0 spiro atoms. The Balaban J connectivity index is 1.97. The third kappa shape index (κ3) is 3.28. The van der Waals surface area contributed by atoms with Crippen molar-refractivity contribution in [3.8, 4) is 5.88 Å². The predicted octanol–water partition coefficient (Wildman–Crippen LogP) is 3.81. The van der Waals surface area contributed by atoms with Crippen LogP contribution >= 0.6 is 0 Å². The molecule has 2 heterocycles. The van der Waals surface area contributed by atoms with E-state index in [0.717, 1.165) is 36.9 Å². The summed E-state index contributed by atoms with van der Waals surface area (Å²) in [4.78, 5) is 28.5. The van der Waals surface area contributed by atoms with E-state index in [2.05, 4.69) is 0 Å². The zero-order valence-corrected chi connectivity index (χ0v) is 16.9. The summed E-state index contributed by atoms with van der Waals surface area (Å²) >= 11 is 0. The van der Waals surface area contributed by atoms with Gasteiger partial charge in [0.25, 0.3) is 5.69 Å². The molecule has 1 aliphatic carbocycles. The fourth-order valence-corrected chi connectivity index (χ4v) is 4.29. The van der Waals surface area contributed by atoms with Crippen LogP contribution in [0.25, 0.3) is 0 Å². The van der Waals surface area contributed by atoms with Crippen LogP contribution in [0.3, 0.4) is 0 Å². The van der Waals surface area contributed by atoms with Gasteiger partial charge in [0.15, 0.2) is 0 Å². The van der Waals surface area contributed by atoms with E-state index in [4.69, 9.17) is 20.2 Å². The Hall–Kier alpha value is -3.42. The SMILES string of the molecule is CCOC(=O)C1=C(C)Oc2nc3c(c(N)c2[C@H]1c1cccc([N+](=O)[O-])c1)CCCC3. The van der Waals surface area contributed by atoms with Crippen LogP contribution < -0.4 is 10.5 Å². The highest BCUT2D eigenvalue weighted by atomic mass is 16.6. The number of benzene rings is 1. The van der Waals surface area contributed by atoms with Gasteiger partial charge in [0.1, 0.15) is 5.76 Å². The number of pyridine rings is 1. The van der Waals surface area contributed by atoms with Gasteiger partial charge in [0.2, 0.25) is 5.88 Å². The van der Waals surface area contributed by atoms with Crippen molar-refractivity contribution in [1.29, 1.82) is 0 Å². The number of fused-ring (bicyclic) bond motifs is 2. The van der Waals surface area contributed by atoms with Crippen LogP contribution in [0.1, 0.15) is 55.0 Å². The Bertz CT molecular complexity index is 1080. The molecule has 1 aromatic heterocycles. The molecule has 8 nitrogen and oxygen atoms in total. The summed E-state index contributed by atoms with van der Waals surface area (Å²) in [5, 5.41) is 11.4. The number of carbonyl (C=O) groups is 1. The summed E-state index contributed by atoms with van der Waals surface area (Å²) in [6.07, 6.45) is 3.68. The molecule has 0 fully saturated rings. The molecular formula is C22H23N3O5. The van der Waals surface area contributed by atoms with Crippen LogP contribution in [0.2, 0.25) is 0 Å². The summed E-state index contributed by atoms with van der Waals surface area (Å²) in [5.74, 6) is -0.475. The first-order valence-electron chi connectivity index (χ1n) is 10.0. The lowest BCUT2D eigenvalue weighted by Crippen LogP contribution is -2.26. The van der Waals surface area contributed by atoms with Crippen LogP contribution in [-0.2, 0) is 22.4 Å². The number of nitro benzene ring substituents is 1. The molecule has 0 unspecified atom stereocenters. The molecule has 156 valence electrons. The molecule has 2 aromatic rings. The molecule has 0 saturated carbocycles. The number of aromatic nitrogens is 1. The lowest BCUT2D eigenvalue weighted by molar-refractivity contribution is -0.384. The number of allylic oxidation sites excluding steroid dienone is 1. The number of nitrogens with two attached hydrogens (primary N) is 1. The van der Waals surface area contributed by atoms with E-state index in [0.29, 0.717) is 28.5 Å². The van der Waals surface area contributed by atoms with E-state index < -0.39 is 16.8 Å². The molecule has 2 aliphatic rings. The maximum atomic E-state index is 12.9. The molecule has 0 radical (unpaired) electrons. The topological polar surface area (TPSA) is 118 Å². The number of aryl methyl sites for hydroxylation is 1. The smallest absolute Gasteiger partial charge is 0.338 e. The molecule has 2 N–H and O–H groups in total. The Labute approximate surface area is 173 Å². The molecule has 0 amide bonds. The molecule has 1 aliphatic heterocycles. The van der Waals surface area contributed by atoms with Gasteiger partial charge in [0, 0.05) is 23.5 Å². The van der Waals surface area contributed by atoms with Crippen molar-refractivity contribution in [2.24, 2.45) is 0 Å². The number of nitrogens with zero attached hydrogens (tertiary/aromatic N) is 2. The van der Waals surface area contributed by atoms with E-state index in [-0.39, 0.29) is 17.9 Å². The molecular weight excluding hydrogens is 386 g/mol. The predicted molar refractivity (Wildman–Crippen MR) is 110 cm³/mol. The fourth-order valence-electron chi connectivity index (χ4n) is 4.29. The summed E-state index contributed by atoms with van der Waals surface area (Å²) in [5.41, 5.74) is 10.4. The van der Waals surface area contributed by atoms with Gasteiger partial charge in [-0.1, -0.05) is 12.1 Å². The molecule has 0 saturated heterocycles. The third-order valence-electron chi connectivity index (χ3n) is 5.64. The standard InChI is InChI=1S/C22H23N3O5/c1-3-29-22(26)17-12(2)30-21-19(20(23)15-9-4-5-10-16(15)24-21)18(17)13-7-6-8-14(11-13)25(27)28/h6-8,11,18H,3-5,9-10H2,1-2H3,(H2,23,24)/t18-/m0/s1. The summed E-state index contributed by atoms with van der Waals surface area (Å²) in [6, 6.07) is 6.23. The van der Waals surface area contributed by atoms with Gasteiger partial charge in [-0.3, -0.25) is 10.1 Å². The highest BCUT2D eigenvalue weighted by Crippen LogP contribution is 2.48. The van der Waals surface area contributed by atoms with Gasteiger partial charge in [-0.05, 0) is 50.7 Å². The number of esters is 1. The van der Waals surface area contributed by atoms with Crippen molar-refractivity contribution < 1.29 is 19.2 Å². The van der Waals surface area contributed by atoms with Gasteiger partial charge < -0.3 is 15.2 Å². The van der Waals surface area contributed by atoms with E-state index >= 15 is 0 Å². The number of nitro groups is 1. The first kappa shape index (κ1) is 19.9.